The predicted molar refractivity (Wildman–Crippen MR) is 107 cm³/mol. The zero-order chi connectivity index (χ0) is 19.1. The highest BCUT2D eigenvalue weighted by Gasteiger charge is 2.27. The molecule has 27 heavy (non-hydrogen) atoms. The molecule has 1 atom stereocenters. The van der Waals surface area contributed by atoms with Crippen molar-refractivity contribution >= 4 is 29.3 Å². The molecule has 3 rings (SSSR count). The molecule has 1 amide bonds. The van der Waals surface area contributed by atoms with E-state index in [1.54, 1.807) is 23.1 Å². The summed E-state index contributed by atoms with van der Waals surface area (Å²) in [5.41, 5.74) is 0.979. The average Bonchev–Trinajstić information content (AvgIpc) is 3.15. The van der Waals surface area contributed by atoms with Crippen LogP contribution in [-0.2, 0) is 11.3 Å². The third-order valence-electron chi connectivity index (χ3n) is 4.33. The molecule has 0 spiro atoms. The Bertz CT molecular complexity index is 795. The molecular weight excluding hydrogens is 385 g/mol. The first kappa shape index (κ1) is 19.6. The minimum atomic E-state index is -0.281. The van der Waals surface area contributed by atoms with E-state index in [1.165, 1.54) is 0 Å². The Morgan fingerprint density at radius 1 is 1.15 bits per heavy atom. The summed E-state index contributed by atoms with van der Waals surface area (Å²) in [6.07, 6.45) is 5.51. The molecule has 1 aliphatic heterocycles. The first-order chi connectivity index (χ1) is 13.1. The molecule has 4 nitrogen and oxygen atoms in total. The topological polar surface area (TPSA) is 38.8 Å². The summed E-state index contributed by atoms with van der Waals surface area (Å²) in [5.74, 6) is 0.652. The van der Waals surface area contributed by atoms with Crippen LogP contribution in [0.2, 0.25) is 10.0 Å². The van der Waals surface area contributed by atoms with Gasteiger partial charge in [-0.25, -0.2) is 4.79 Å². The van der Waals surface area contributed by atoms with Crippen LogP contribution in [0.3, 0.4) is 0 Å². The number of benzene rings is 2. The van der Waals surface area contributed by atoms with E-state index in [-0.39, 0.29) is 18.7 Å². The number of halogens is 2. The summed E-state index contributed by atoms with van der Waals surface area (Å²) in [7, 11) is 0. The van der Waals surface area contributed by atoms with Crippen LogP contribution in [-0.4, -0.2) is 30.2 Å². The molecule has 2 aromatic carbocycles. The van der Waals surface area contributed by atoms with E-state index in [4.69, 9.17) is 32.7 Å². The van der Waals surface area contributed by atoms with Gasteiger partial charge >= 0.3 is 6.09 Å². The molecule has 0 saturated carbocycles. The zero-order valence-corrected chi connectivity index (χ0v) is 16.3. The monoisotopic (exact) mass is 405 g/mol. The lowest BCUT2D eigenvalue weighted by Gasteiger charge is -2.21. The maximum absolute atomic E-state index is 12.4. The molecule has 0 unspecified atom stereocenters. The van der Waals surface area contributed by atoms with Crippen molar-refractivity contribution in [2.24, 2.45) is 0 Å². The Balaban J connectivity index is 1.47. The number of likely N-dealkylation sites (tertiary alicyclic amines) is 1. The van der Waals surface area contributed by atoms with Crippen molar-refractivity contribution in [1.82, 2.24) is 4.90 Å². The number of amides is 1. The smallest absolute Gasteiger partial charge is 0.410 e. The molecule has 142 valence electrons. The standard InChI is InChI=1S/C21H21Cl2NO3/c22-19-11-10-18(14-20(19)23)26-13-5-9-17-8-4-12-24(17)21(25)27-15-16-6-2-1-3-7-16/h1-3,5-7,9-11,14,17H,4,8,12-13,15H2/b9-5+/t17-/m0/s1. The summed E-state index contributed by atoms with van der Waals surface area (Å²) < 4.78 is 11.1. The van der Waals surface area contributed by atoms with Gasteiger partial charge in [0.15, 0.2) is 0 Å². The molecule has 0 N–H and O–H groups in total. The minimum absolute atomic E-state index is 0.0330. The van der Waals surface area contributed by atoms with Crippen molar-refractivity contribution < 1.29 is 14.3 Å². The van der Waals surface area contributed by atoms with E-state index in [0.717, 1.165) is 18.4 Å². The van der Waals surface area contributed by atoms with Crippen molar-refractivity contribution in [3.63, 3.8) is 0 Å². The SMILES string of the molecule is O=C(OCc1ccccc1)N1CCC[C@H]1/C=C/COc1ccc(Cl)c(Cl)c1. The lowest BCUT2D eigenvalue weighted by Crippen LogP contribution is -2.34. The highest BCUT2D eigenvalue weighted by Crippen LogP contribution is 2.26. The fourth-order valence-electron chi connectivity index (χ4n) is 2.95. The Labute approximate surface area is 169 Å². The van der Waals surface area contributed by atoms with Crippen LogP contribution in [0.4, 0.5) is 4.79 Å². The highest BCUT2D eigenvalue weighted by atomic mass is 35.5. The van der Waals surface area contributed by atoms with E-state index in [0.29, 0.717) is 28.9 Å². The number of ether oxygens (including phenoxy) is 2. The van der Waals surface area contributed by atoms with Gasteiger partial charge in [0.1, 0.15) is 19.0 Å². The quantitative estimate of drug-likeness (QED) is 0.575. The second kappa shape index (κ2) is 9.67. The summed E-state index contributed by atoms with van der Waals surface area (Å²) in [4.78, 5) is 14.1. The average molecular weight is 406 g/mol. The molecule has 1 saturated heterocycles. The van der Waals surface area contributed by atoms with Gasteiger partial charge in [0, 0.05) is 12.6 Å². The van der Waals surface area contributed by atoms with Crippen molar-refractivity contribution in [3.05, 3.63) is 76.3 Å². The summed E-state index contributed by atoms with van der Waals surface area (Å²) >= 11 is 11.9. The van der Waals surface area contributed by atoms with Gasteiger partial charge in [-0.2, -0.15) is 0 Å². The van der Waals surface area contributed by atoms with Gasteiger partial charge in [-0.1, -0.05) is 59.6 Å². The molecule has 6 heteroatoms. The van der Waals surface area contributed by atoms with Crippen LogP contribution in [0.15, 0.2) is 60.7 Å². The summed E-state index contributed by atoms with van der Waals surface area (Å²) in [6.45, 7) is 1.38. The molecular formula is C21H21Cl2NO3. The van der Waals surface area contributed by atoms with Gasteiger partial charge in [-0.05, 0) is 36.6 Å². The van der Waals surface area contributed by atoms with Crippen LogP contribution in [0.5, 0.6) is 5.75 Å². The van der Waals surface area contributed by atoms with E-state index in [1.807, 2.05) is 42.5 Å². The second-order valence-corrected chi connectivity index (χ2v) is 7.07. The molecule has 1 heterocycles. The number of carbonyl (C=O) groups excluding carboxylic acids is 1. The van der Waals surface area contributed by atoms with Crippen LogP contribution in [0.25, 0.3) is 0 Å². The van der Waals surface area contributed by atoms with Gasteiger partial charge in [-0.3, -0.25) is 0 Å². The van der Waals surface area contributed by atoms with Crippen LogP contribution < -0.4 is 4.74 Å². The van der Waals surface area contributed by atoms with Gasteiger partial charge < -0.3 is 14.4 Å². The second-order valence-electron chi connectivity index (χ2n) is 6.26. The zero-order valence-electron chi connectivity index (χ0n) is 14.8. The van der Waals surface area contributed by atoms with Crippen molar-refractivity contribution in [3.8, 4) is 5.75 Å². The van der Waals surface area contributed by atoms with Crippen LogP contribution in [0.1, 0.15) is 18.4 Å². The first-order valence-electron chi connectivity index (χ1n) is 8.85. The number of rotatable bonds is 6. The van der Waals surface area contributed by atoms with Gasteiger partial charge in [0.25, 0.3) is 0 Å². The number of carbonyl (C=O) groups is 1. The number of nitrogens with zero attached hydrogens (tertiary/aromatic N) is 1. The number of hydrogen-bond donors (Lipinski definition) is 0. The van der Waals surface area contributed by atoms with E-state index in [2.05, 4.69) is 0 Å². The van der Waals surface area contributed by atoms with Crippen LogP contribution in [0, 0.1) is 0 Å². The summed E-state index contributed by atoms with van der Waals surface area (Å²) in [6, 6.07) is 14.9. The lowest BCUT2D eigenvalue weighted by molar-refractivity contribution is 0.0974. The Kier molecular flexibility index (Phi) is 7.02. The Hall–Kier alpha value is -2.17. The van der Waals surface area contributed by atoms with Crippen molar-refractivity contribution in [2.45, 2.75) is 25.5 Å². The van der Waals surface area contributed by atoms with Gasteiger partial charge in [-0.15, -0.1) is 0 Å². The van der Waals surface area contributed by atoms with E-state index >= 15 is 0 Å². The first-order valence-corrected chi connectivity index (χ1v) is 9.61. The van der Waals surface area contributed by atoms with E-state index in [9.17, 15) is 4.79 Å². The third-order valence-corrected chi connectivity index (χ3v) is 5.07. The molecule has 0 aromatic heterocycles. The normalized spacial score (nSPS) is 16.7. The third kappa shape index (κ3) is 5.65. The summed E-state index contributed by atoms with van der Waals surface area (Å²) in [5, 5.41) is 0.955. The molecule has 0 bridgehead atoms. The largest absolute Gasteiger partial charge is 0.489 e. The molecule has 1 aliphatic rings. The predicted octanol–water partition coefficient (Wildman–Crippen LogP) is 5.73. The van der Waals surface area contributed by atoms with Crippen molar-refractivity contribution in [2.75, 3.05) is 13.2 Å². The molecule has 1 fully saturated rings. The fourth-order valence-corrected chi connectivity index (χ4v) is 3.23. The van der Waals surface area contributed by atoms with E-state index < -0.39 is 0 Å². The number of hydrogen-bond acceptors (Lipinski definition) is 3. The maximum Gasteiger partial charge on any atom is 0.410 e. The Morgan fingerprint density at radius 2 is 1.96 bits per heavy atom. The molecule has 2 aromatic rings. The minimum Gasteiger partial charge on any atom is -0.489 e. The van der Waals surface area contributed by atoms with Crippen LogP contribution >= 0.6 is 23.2 Å². The highest BCUT2D eigenvalue weighted by molar-refractivity contribution is 6.42. The molecule has 0 aliphatic carbocycles. The molecule has 0 radical (unpaired) electrons. The Morgan fingerprint density at radius 3 is 2.74 bits per heavy atom. The maximum atomic E-state index is 12.4. The fraction of sp³-hybridized carbons (Fsp3) is 0.286. The van der Waals surface area contributed by atoms with Gasteiger partial charge in [0.05, 0.1) is 16.1 Å². The van der Waals surface area contributed by atoms with Gasteiger partial charge in [0.2, 0.25) is 0 Å². The lowest BCUT2D eigenvalue weighted by atomic mass is 10.2. The van der Waals surface area contributed by atoms with Crippen molar-refractivity contribution in [1.29, 1.82) is 0 Å².